The van der Waals surface area contributed by atoms with E-state index in [1.54, 1.807) is 0 Å². The Morgan fingerprint density at radius 3 is 1.05 bits per heavy atom. The zero-order valence-electron chi connectivity index (χ0n) is 15.3. The van der Waals surface area contributed by atoms with Gasteiger partial charge in [-0.05, 0) is 36.5 Å². The summed E-state index contributed by atoms with van der Waals surface area (Å²) in [7, 11) is 0. The van der Waals surface area contributed by atoms with Crippen LogP contribution >= 0.6 is 39.7 Å². The van der Waals surface area contributed by atoms with Gasteiger partial charge in [-0.15, -0.1) is 34.1 Å². The van der Waals surface area contributed by atoms with Gasteiger partial charge >= 0.3 is 0 Å². The molecular weight excluding hydrogens is 343 g/mol. The van der Waals surface area contributed by atoms with Crippen molar-refractivity contribution in [2.75, 3.05) is 17.3 Å². The first-order valence-corrected chi connectivity index (χ1v) is 15.6. The molecule has 4 heteroatoms. The van der Waals surface area contributed by atoms with Gasteiger partial charge in [-0.25, -0.2) is 0 Å². The van der Waals surface area contributed by atoms with E-state index in [4.69, 9.17) is 0 Å². The molecule has 0 spiro atoms. The van der Waals surface area contributed by atoms with Gasteiger partial charge in [0, 0.05) is 0 Å². The van der Waals surface area contributed by atoms with Crippen molar-refractivity contribution in [3.63, 3.8) is 0 Å². The van der Waals surface area contributed by atoms with E-state index in [0.29, 0.717) is 0 Å². The van der Waals surface area contributed by atoms with Crippen molar-refractivity contribution in [3.05, 3.63) is 0 Å². The van der Waals surface area contributed by atoms with Gasteiger partial charge < -0.3 is 0 Å². The third kappa shape index (κ3) is 17.8. The van der Waals surface area contributed by atoms with E-state index in [0.717, 1.165) is 0 Å². The second-order valence-corrected chi connectivity index (χ2v) is 16.0. The number of unbranched alkanes of at least 4 members (excludes halogenated alkanes) is 9. The van der Waals surface area contributed by atoms with Gasteiger partial charge in [-0.2, -0.15) is 0 Å². The SMILES string of the molecule is CCCCCCSP(SCCCCCC)SCCCCCC. The molecule has 134 valence electrons. The smallest absolute Gasteiger partial charge is 0.0729 e. The average molecular weight is 383 g/mol. The highest BCUT2D eigenvalue weighted by Gasteiger charge is 2.10. The fourth-order valence-corrected chi connectivity index (χ4v) is 13.0. The molecule has 0 radical (unpaired) electrons. The van der Waals surface area contributed by atoms with Gasteiger partial charge in [0.15, 0.2) is 0 Å². The Morgan fingerprint density at radius 2 is 0.773 bits per heavy atom. The highest BCUT2D eigenvalue weighted by atomic mass is 33.4. The molecule has 0 nitrogen and oxygen atoms in total. The lowest BCUT2D eigenvalue weighted by molar-refractivity contribution is 0.707. The predicted molar refractivity (Wildman–Crippen MR) is 117 cm³/mol. The maximum atomic E-state index is 2.30. The van der Waals surface area contributed by atoms with Gasteiger partial charge in [-0.3, -0.25) is 0 Å². The van der Waals surface area contributed by atoms with Gasteiger partial charge in [0.2, 0.25) is 0 Å². The fraction of sp³-hybridized carbons (Fsp3) is 1.00. The molecule has 0 aromatic carbocycles. The van der Waals surface area contributed by atoms with E-state index >= 15 is 0 Å². The van der Waals surface area contributed by atoms with Crippen molar-refractivity contribution in [3.8, 4) is 0 Å². The molecule has 0 rings (SSSR count). The minimum Gasteiger partial charge on any atom is -0.112 e. The zero-order chi connectivity index (χ0) is 16.3. The Balaban J connectivity index is 3.72. The van der Waals surface area contributed by atoms with Crippen molar-refractivity contribution >= 4 is 39.7 Å². The van der Waals surface area contributed by atoms with Crippen LogP contribution in [0.2, 0.25) is 0 Å². The van der Waals surface area contributed by atoms with Gasteiger partial charge in [0.1, 0.15) is 0 Å². The summed E-state index contributed by atoms with van der Waals surface area (Å²) < 4.78 is 0. The summed E-state index contributed by atoms with van der Waals surface area (Å²) in [4.78, 5) is 0. The lowest BCUT2D eigenvalue weighted by Gasteiger charge is -2.15. The Labute approximate surface area is 154 Å². The van der Waals surface area contributed by atoms with Crippen LogP contribution < -0.4 is 0 Å². The summed E-state index contributed by atoms with van der Waals surface area (Å²) in [6.07, 6.45) is 17.0. The summed E-state index contributed by atoms with van der Waals surface area (Å²) in [5.41, 5.74) is 0.127. The largest absolute Gasteiger partial charge is 0.112 e. The van der Waals surface area contributed by atoms with E-state index in [2.05, 4.69) is 54.9 Å². The Kier molecular flexibility index (Phi) is 21.9. The monoisotopic (exact) mass is 382 g/mol. The molecule has 0 heterocycles. The van der Waals surface area contributed by atoms with Crippen LogP contribution in [0.4, 0.5) is 0 Å². The number of hydrogen-bond acceptors (Lipinski definition) is 3. The first-order chi connectivity index (χ1) is 10.8. The molecule has 0 N–H and O–H groups in total. The molecule has 0 amide bonds. The van der Waals surface area contributed by atoms with Crippen molar-refractivity contribution in [1.82, 2.24) is 0 Å². The topological polar surface area (TPSA) is 0 Å². The van der Waals surface area contributed by atoms with Crippen LogP contribution in [0, 0.1) is 0 Å². The Hall–Kier alpha value is 1.48. The van der Waals surface area contributed by atoms with Crippen molar-refractivity contribution in [2.24, 2.45) is 0 Å². The molecule has 0 saturated carbocycles. The van der Waals surface area contributed by atoms with Gasteiger partial charge in [0.05, 0.1) is 5.53 Å². The van der Waals surface area contributed by atoms with Crippen LogP contribution in [0.15, 0.2) is 0 Å². The standard InChI is InChI=1S/C18H39PS3/c1-4-7-10-13-16-20-19(21-17-14-11-8-5-2)22-18-15-12-9-6-3/h4-18H2,1-3H3. The van der Waals surface area contributed by atoms with E-state index in [-0.39, 0.29) is 5.53 Å². The summed E-state index contributed by atoms with van der Waals surface area (Å²) >= 11 is 6.87. The first-order valence-electron chi connectivity index (χ1n) is 9.54. The van der Waals surface area contributed by atoms with Gasteiger partial charge in [0.25, 0.3) is 0 Å². The summed E-state index contributed by atoms with van der Waals surface area (Å²) in [5, 5.41) is 0. The van der Waals surface area contributed by atoms with Crippen LogP contribution in [0.1, 0.15) is 97.8 Å². The van der Waals surface area contributed by atoms with E-state index in [1.807, 2.05) is 0 Å². The van der Waals surface area contributed by atoms with Crippen molar-refractivity contribution < 1.29 is 0 Å². The molecule has 0 aromatic rings. The third-order valence-corrected chi connectivity index (χ3v) is 14.9. The van der Waals surface area contributed by atoms with Crippen molar-refractivity contribution in [1.29, 1.82) is 0 Å². The maximum absolute atomic E-state index is 2.30. The highest BCUT2D eigenvalue weighted by molar-refractivity contribution is 9.12. The van der Waals surface area contributed by atoms with E-state index < -0.39 is 0 Å². The predicted octanol–water partition coefficient (Wildman–Crippen LogP) is 9.15. The Bertz CT molecular complexity index is 169. The summed E-state index contributed by atoms with van der Waals surface area (Å²) in [6.45, 7) is 6.91. The van der Waals surface area contributed by atoms with Crippen LogP contribution in [0.3, 0.4) is 0 Å². The molecule has 0 saturated heterocycles. The van der Waals surface area contributed by atoms with Crippen LogP contribution in [0.25, 0.3) is 0 Å². The lowest BCUT2D eigenvalue weighted by atomic mass is 10.2. The van der Waals surface area contributed by atoms with Crippen molar-refractivity contribution in [2.45, 2.75) is 97.8 Å². The molecule has 0 aromatic heterocycles. The third-order valence-electron chi connectivity index (χ3n) is 3.58. The Morgan fingerprint density at radius 1 is 0.455 bits per heavy atom. The molecular formula is C18H39PS3. The van der Waals surface area contributed by atoms with E-state index in [1.165, 1.54) is 94.3 Å². The van der Waals surface area contributed by atoms with Gasteiger partial charge in [-0.1, -0.05) is 78.6 Å². The lowest BCUT2D eigenvalue weighted by Crippen LogP contribution is -1.82. The van der Waals surface area contributed by atoms with Crippen LogP contribution in [-0.4, -0.2) is 17.3 Å². The first kappa shape index (κ1) is 23.5. The zero-order valence-corrected chi connectivity index (χ0v) is 18.6. The molecule has 0 fully saturated rings. The quantitative estimate of drug-likeness (QED) is 0.171. The number of hydrogen-bond donors (Lipinski definition) is 0. The molecule has 0 aliphatic heterocycles. The molecule has 0 bridgehead atoms. The minimum absolute atomic E-state index is 0.127. The highest BCUT2D eigenvalue weighted by Crippen LogP contribution is 2.70. The fourth-order valence-electron chi connectivity index (χ4n) is 2.12. The average Bonchev–Trinajstić information content (AvgIpc) is 2.53. The summed E-state index contributed by atoms with van der Waals surface area (Å²) in [6, 6.07) is 0. The normalized spacial score (nSPS) is 11.5. The van der Waals surface area contributed by atoms with Crippen LogP contribution in [0.5, 0.6) is 0 Å². The second kappa shape index (κ2) is 20.5. The second-order valence-electron chi connectivity index (χ2n) is 5.91. The minimum atomic E-state index is 0.127. The van der Waals surface area contributed by atoms with E-state index in [9.17, 15) is 0 Å². The molecule has 0 atom stereocenters. The molecule has 0 unspecified atom stereocenters. The number of rotatable bonds is 18. The molecule has 0 aliphatic carbocycles. The molecule has 0 aliphatic rings. The van der Waals surface area contributed by atoms with Crippen LogP contribution in [-0.2, 0) is 0 Å². The molecule has 22 heavy (non-hydrogen) atoms. The summed E-state index contributed by atoms with van der Waals surface area (Å²) in [5.74, 6) is 4.20. The maximum Gasteiger partial charge on any atom is 0.0729 e.